The number of thiazole rings is 1. The number of aliphatic hydroxyl groups is 2. The van der Waals surface area contributed by atoms with Crippen LogP contribution in [0.15, 0.2) is 41.9 Å². The summed E-state index contributed by atoms with van der Waals surface area (Å²) >= 11 is 1.43. The molecule has 0 unspecified atom stereocenters. The van der Waals surface area contributed by atoms with E-state index in [-0.39, 0.29) is 6.73 Å². The van der Waals surface area contributed by atoms with Gasteiger partial charge < -0.3 is 14.9 Å². The van der Waals surface area contributed by atoms with Crippen molar-refractivity contribution in [3.05, 3.63) is 47.5 Å². The fraction of sp³-hybridized carbons (Fsp3) is 0.368. The summed E-state index contributed by atoms with van der Waals surface area (Å²) < 4.78 is 7.30. The molecule has 0 fully saturated rings. The molecule has 144 valence electrons. The minimum Gasteiger partial charge on any atom is -0.364 e. The van der Waals surface area contributed by atoms with Gasteiger partial charge in [-0.3, -0.25) is 0 Å². The topological polar surface area (TPSA) is 80.4 Å². The molecule has 2 aromatic heterocycles. The Labute approximate surface area is 164 Å². The molecule has 8 heteroatoms. The number of nitrogens with zero attached hydrogens (tertiary/aromatic N) is 3. The van der Waals surface area contributed by atoms with Crippen molar-refractivity contribution >= 4 is 19.4 Å². The van der Waals surface area contributed by atoms with Gasteiger partial charge in [-0.2, -0.15) is 5.10 Å². The van der Waals surface area contributed by atoms with E-state index in [2.05, 4.69) is 29.7 Å². The van der Waals surface area contributed by atoms with Crippen LogP contribution in [-0.2, 0) is 11.5 Å². The van der Waals surface area contributed by atoms with E-state index in [1.54, 1.807) is 10.9 Å². The van der Waals surface area contributed by atoms with E-state index in [0.29, 0.717) is 22.9 Å². The number of hydrogen-bond acceptors (Lipinski definition) is 6. The highest BCUT2D eigenvalue weighted by Crippen LogP contribution is 2.32. The summed E-state index contributed by atoms with van der Waals surface area (Å²) in [7, 11) is -1.14. The monoisotopic (exact) mass is 403 g/mol. The Hall–Kier alpha value is -1.84. The summed E-state index contributed by atoms with van der Waals surface area (Å²) in [6.07, 6.45) is -0.00206. The third kappa shape index (κ3) is 5.33. The summed E-state index contributed by atoms with van der Waals surface area (Å²) in [5.41, 5.74) is 2.67. The first kappa shape index (κ1) is 19.9. The average Bonchev–Trinajstić information content (AvgIpc) is 3.26. The van der Waals surface area contributed by atoms with Crippen LogP contribution in [0.1, 0.15) is 11.9 Å². The van der Waals surface area contributed by atoms with Crippen LogP contribution in [-0.4, -0.2) is 39.7 Å². The van der Waals surface area contributed by atoms with Crippen LogP contribution in [0.3, 0.4) is 0 Å². The summed E-state index contributed by atoms with van der Waals surface area (Å²) in [4.78, 5) is 4.62. The molecule has 2 heterocycles. The Morgan fingerprint density at radius 2 is 1.93 bits per heavy atom. The number of rotatable bonds is 8. The molecule has 0 aliphatic heterocycles. The van der Waals surface area contributed by atoms with Crippen molar-refractivity contribution in [3.8, 4) is 22.0 Å². The molecule has 0 atom stereocenters. The molecule has 0 aliphatic carbocycles. The molecule has 0 spiro atoms. The zero-order valence-electron chi connectivity index (χ0n) is 15.8. The van der Waals surface area contributed by atoms with E-state index in [4.69, 9.17) is 4.74 Å². The predicted octanol–water partition coefficient (Wildman–Crippen LogP) is 3.97. The van der Waals surface area contributed by atoms with E-state index in [0.717, 1.165) is 17.3 Å². The SMILES string of the molecule is C[Si](C)(C)CCOCn1cc(C(O)O)c(-c2nc(-c3ccccc3)cs2)n1. The van der Waals surface area contributed by atoms with Gasteiger partial charge in [0.25, 0.3) is 0 Å². The molecule has 0 radical (unpaired) electrons. The van der Waals surface area contributed by atoms with E-state index >= 15 is 0 Å². The second-order valence-electron chi connectivity index (χ2n) is 7.60. The number of ether oxygens (including phenoxy) is 1. The quantitative estimate of drug-likeness (QED) is 0.338. The predicted molar refractivity (Wildman–Crippen MR) is 110 cm³/mol. The molecule has 0 saturated heterocycles. The second-order valence-corrected chi connectivity index (χ2v) is 14.1. The van der Waals surface area contributed by atoms with Crippen molar-refractivity contribution in [1.82, 2.24) is 14.8 Å². The van der Waals surface area contributed by atoms with E-state index in [1.807, 2.05) is 35.7 Å². The highest BCUT2D eigenvalue weighted by atomic mass is 32.1. The molecular formula is C19H25N3O3SSi. The van der Waals surface area contributed by atoms with E-state index in [1.165, 1.54) is 11.3 Å². The first-order valence-electron chi connectivity index (χ1n) is 8.86. The van der Waals surface area contributed by atoms with Crippen molar-refractivity contribution < 1.29 is 14.9 Å². The number of aromatic nitrogens is 3. The lowest BCUT2D eigenvalue weighted by molar-refractivity contribution is -0.0422. The van der Waals surface area contributed by atoms with Gasteiger partial charge in [0.15, 0.2) is 6.29 Å². The maximum atomic E-state index is 9.73. The third-order valence-electron chi connectivity index (χ3n) is 4.06. The fourth-order valence-electron chi connectivity index (χ4n) is 2.52. The molecule has 1 aromatic carbocycles. The molecule has 2 N–H and O–H groups in total. The number of benzene rings is 1. The maximum absolute atomic E-state index is 9.73. The normalized spacial score (nSPS) is 12.1. The van der Waals surface area contributed by atoms with E-state index in [9.17, 15) is 10.2 Å². The number of hydrogen-bond donors (Lipinski definition) is 2. The van der Waals surface area contributed by atoms with Crippen molar-refractivity contribution in [1.29, 1.82) is 0 Å². The van der Waals surface area contributed by atoms with Crippen molar-refractivity contribution in [3.63, 3.8) is 0 Å². The highest BCUT2D eigenvalue weighted by Gasteiger charge is 2.20. The Morgan fingerprint density at radius 1 is 1.19 bits per heavy atom. The minimum atomic E-state index is -1.61. The molecular weight excluding hydrogens is 378 g/mol. The van der Waals surface area contributed by atoms with Crippen LogP contribution in [0.5, 0.6) is 0 Å². The molecule has 6 nitrogen and oxygen atoms in total. The summed E-state index contributed by atoms with van der Waals surface area (Å²) in [5, 5.41) is 26.5. The van der Waals surface area contributed by atoms with E-state index < -0.39 is 14.4 Å². The standard InChI is InChI=1S/C19H25N3O3SSi/c1-27(2,3)10-9-25-13-22-11-15(19(23)24)17(21-22)18-20-16(12-26-18)14-7-5-4-6-8-14/h4-8,11-12,19,23-24H,9-10,13H2,1-3H3. The zero-order chi connectivity index (χ0) is 19.4. The average molecular weight is 404 g/mol. The van der Waals surface area contributed by atoms with Gasteiger partial charge in [0.05, 0.1) is 11.3 Å². The molecule has 0 aliphatic rings. The van der Waals surface area contributed by atoms with Crippen LogP contribution < -0.4 is 0 Å². The number of aliphatic hydroxyl groups excluding tert-OH is 1. The fourth-order valence-corrected chi connectivity index (χ4v) is 4.11. The smallest absolute Gasteiger partial charge is 0.182 e. The van der Waals surface area contributed by atoms with Crippen LogP contribution in [0.25, 0.3) is 22.0 Å². The van der Waals surface area contributed by atoms with Gasteiger partial charge in [-0.25, -0.2) is 9.67 Å². The van der Waals surface area contributed by atoms with Gasteiger partial charge >= 0.3 is 0 Å². The van der Waals surface area contributed by atoms with Gasteiger partial charge in [0, 0.05) is 31.8 Å². The first-order chi connectivity index (χ1) is 12.8. The lowest BCUT2D eigenvalue weighted by Gasteiger charge is -2.15. The van der Waals surface area contributed by atoms with Crippen molar-refractivity contribution in [2.45, 2.75) is 38.7 Å². The zero-order valence-corrected chi connectivity index (χ0v) is 17.6. The lowest BCUT2D eigenvalue weighted by Crippen LogP contribution is -2.22. The van der Waals surface area contributed by atoms with Crippen LogP contribution in [0.4, 0.5) is 0 Å². The van der Waals surface area contributed by atoms with Crippen molar-refractivity contribution in [2.24, 2.45) is 0 Å². The Balaban J connectivity index is 1.77. The van der Waals surface area contributed by atoms with Crippen LogP contribution >= 0.6 is 11.3 Å². The highest BCUT2D eigenvalue weighted by molar-refractivity contribution is 7.13. The van der Waals surface area contributed by atoms with Gasteiger partial charge in [0.1, 0.15) is 17.4 Å². The lowest BCUT2D eigenvalue weighted by atomic mass is 10.2. The Kier molecular flexibility index (Phi) is 6.23. The van der Waals surface area contributed by atoms with Crippen LogP contribution in [0.2, 0.25) is 25.7 Å². The molecule has 27 heavy (non-hydrogen) atoms. The van der Waals surface area contributed by atoms with Gasteiger partial charge in [0.2, 0.25) is 0 Å². The van der Waals surface area contributed by atoms with Crippen molar-refractivity contribution in [2.75, 3.05) is 6.61 Å². The van der Waals surface area contributed by atoms with Gasteiger partial charge in [-0.1, -0.05) is 50.0 Å². The summed E-state index contributed by atoms with van der Waals surface area (Å²) in [6.45, 7) is 7.86. The molecule has 0 amide bonds. The summed E-state index contributed by atoms with van der Waals surface area (Å²) in [6, 6.07) is 10.9. The minimum absolute atomic E-state index is 0.279. The summed E-state index contributed by atoms with van der Waals surface area (Å²) in [5.74, 6) is 0. The van der Waals surface area contributed by atoms with Gasteiger partial charge in [-0.05, 0) is 6.04 Å². The Morgan fingerprint density at radius 3 is 2.59 bits per heavy atom. The molecule has 0 saturated carbocycles. The first-order valence-corrected chi connectivity index (χ1v) is 13.4. The van der Waals surface area contributed by atoms with Crippen LogP contribution in [0, 0.1) is 0 Å². The Bertz CT molecular complexity index is 872. The maximum Gasteiger partial charge on any atom is 0.182 e. The third-order valence-corrected chi connectivity index (χ3v) is 6.62. The molecule has 3 aromatic rings. The largest absolute Gasteiger partial charge is 0.364 e. The molecule has 0 bridgehead atoms. The van der Waals surface area contributed by atoms with Gasteiger partial charge in [-0.15, -0.1) is 11.3 Å². The second kappa shape index (κ2) is 8.45. The molecule has 3 rings (SSSR count).